The maximum atomic E-state index is 8.46. The monoisotopic (exact) mass is 143 g/mol. The molecule has 2 heteroatoms. The second-order valence-corrected chi connectivity index (χ2v) is 2.67. The van der Waals surface area contributed by atoms with E-state index in [1.165, 1.54) is 25.4 Å². The Morgan fingerprint density at radius 1 is 1.20 bits per heavy atom. The number of aliphatic hydroxyl groups is 1. The lowest BCUT2D eigenvalue weighted by Gasteiger charge is -2.19. The van der Waals surface area contributed by atoms with Gasteiger partial charge in [0.15, 0.2) is 0 Å². The summed E-state index contributed by atoms with van der Waals surface area (Å²) in [5.74, 6) is 0. The van der Waals surface area contributed by atoms with E-state index < -0.39 is 0 Å². The molecule has 1 saturated carbocycles. The molecule has 1 N–H and O–H groups in total. The average Bonchev–Trinajstić information content (AvgIpc) is 2.03. The van der Waals surface area contributed by atoms with E-state index in [0.717, 1.165) is 12.8 Å². The average molecular weight is 143 g/mol. The first kappa shape index (κ1) is 8.02. The summed E-state index contributed by atoms with van der Waals surface area (Å²) in [6, 6.07) is 0. The van der Waals surface area contributed by atoms with E-state index in [-0.39, 0.29) is 6.61 Å². The minimum absolute atomic E-state index is 0.142. The second kappa shape index (κ2) is 4.69. The molecule has 0 aromatic carbocycles. The van der Waals surface area contributed by atoms with Crippen LogP contribution in [0.4, 0.5) is 0 Å². The van der Waals surface area contributed by atoms with E-state index >= 15 is 0 Å². The molecule has 1 rings (SSSR count). The zero-order valence-corrected chi connectivity index (χ0v) is 6.31. The fourth-order valence-corrected chi connectivity index (χ4v) is 1.28. The Morgan fingerprint density at radius 2 is 1.90 bits per heavy atom. The Hall–Kier alpha value is -0.0800. The van der Waals surface area contributed by atoms with Crippen LogP contribution in [0.25, 0.3) is 0 Å². The van der Waals surface area contributed by atoms with Crippen LogP contribution in [-0.4, -0.2) is 18.3 Å². The van der Waals surface area contributed by atoms with Crippen LogP contribution in [0.3, 0.4) is 0 Å². The van der Waals surface area contributed by atoms with Crippen molar-refractivity contribution in [2.24, 2.45) is 0 Å². The third-order valence-corrected chi connectivity index (χ3v) is 1.81. The Labute approximate surface area is 62.2 Å². The van der Waals surface area contributed by atoms with Gasteiger partial charge in [-0.3, -0.25) is 0 Å². The highest BCUT2D eigenvalue weighted by atomic mass is 16.5. The smallest absolute Gasteiger partial charge is 0.0971 e. The van der Waals surface area contributed by atoms with Crippen molar-refractivity contribution in [1.29, 1.82) is 0 Å². The first-order chi connectivity index (χ1) is 4.93. The van der Waals surface area contributed by atoms with Crippen molar-refractivity contribution in [2.75, 3.05) is 13.2 Å². The molecule has 0 amide bonds. The Kier molecular flexibility index (Phi) is 3.76. The van der Waals surface area contributed by atoms with Gasteiger partial charge in [-0.25, -0.2) is 0 Å². The van der Waals surface area contributed by atoms with E-state index in [1.807, 2.05) is 0 Å². The van der Waals surface area contributed by atoms with Gasteiger partial charge in [-0.1, -0.05) is 19.3 Å². The van der Waals surface area contributed by atoms with Crippen LogP contribution in [-0.2, 0) is 4.74 Å². The Bertz CT molecular complexity index is 77.3. The minimum atomic E-state index is 0.142. The largest absolute Gasteiger partial charge is 0.394 e. The zero-order valence-electron chi connectivity index (χ0n) is 6.31. The van der Waals surface area contributed by atoms with Crippen LogP contribution in [0, 0.1) is 6.10 Å². The van der Waals surface area contributed by atoms with Gasteiger partial charge >= 0.3 is 0 Å². The van der Waals surface area contributed by atoms with E-state index in [2.05, 4.69) is 0 Å². The highest BCUT2D eigenvalue weighted by Crippen LogP contribution is 2.25. The fraction of sp³-hybridized carbons (Fsp3) is 0.875. The third kappa shape index (κ3) is 2.67. The number of hydrogen-bond acceptors (Lipinski definition) is 2. The maximum Gasteiger partial charge on any atom is 0.0971 e. The lowest BCUT2D eigenvalue weighted by Crippen LogP contribution is -2.10. The number of aliphatic hydroxyl groups excluding tert-OH is 1. The van der Waals surface area contributed by atoms with Crippen LogP contribution in [0.2, 0.25) is 0 Å². The fourth-order valence-electron chi connectivity index (χ4n) is 1.28. The van der Waals surface area contributed by atoms with Gasteiger partial charge in [0.2, 0.25) is 0 Å². The molecule has 0 aliphatic heterocycles. The van der Waals surface area contributed by atoms with Crippen molar-refractivity contribution < 1.29 is 9.84 Å². The SMILES string of the molecule is OCCO[C]1CCCCC1. The van der Waals surface area contributed by atoms with Crippen LogP contribution in [0.15, 0.2) is 0 Å². The van der Waals surface area contributed by atoms with Gasteiger partial charge in [0.05, 0.1) is 19.3 Å². The van der Waals surface area contributed by atoms with E-state index in [0.29, 0.717) is 6.61 Å². The summed E-state index contributed by atoms with van der Waals surface area (Å²) in [6.07, 6.45) is 7.29. The molecule has 0 bridgehead atoms. The number of rotatable bonds is 3. The van der Waals surface area contributed by atoms with Gasteiger partial charge in [-0.15, -0.1) is 0 Å². The molecule has 10 heavy (non-hydrogen) atoms. The number of ether oxygens (including phenoxy) is 1. The van der Waals surface area contributed by atoms with Gasteiger partial charge in [-0.05, 0) is 12.8 Å². The van der Waals surface area contributed by atoms with Crippen LogP contribution >= 0.6 is 0 Å². The van der Waals surface area contributed by atoms with Crippen molar-refractivity contribution in [2.45, 2.75) is 32.1 Å². The summed E-state index contributed by atoms with van der Waals surface area (Å²) >= 11 is 0. The molecule has 0 spiro atoms. The summed E-state index contributed by atoms with van der Waals surface area (Å²) in [5, 5.41) is 8.46. The van der Waals surface area contributed by atoms with Crippen molar-refractivity contribution in [3.05, 3.63) is 6.10 Å². The summed E-state index contributed by atoms with van der Waals surface area (Å²) < 4.78 is 5.30. The van der Waals surface area contributed by atoms with Gasteiger partial charge in [0.25, 0.3) is 0 Å². The van der Waals surface area contributed by atoms with Crippen molar-refractivity contribution in [3.8, 4) is 0 Å². The predicted molar refractivity (Wildman–Crippen MR) is 39.4 cm³/mol. The van der Waals surface area contributed by atoms with Crippen molar-refractivity contribution in [1.82, 2.24) is 0 Å². The second-order valence-electron chi connectivity index (χ2n) is 2.67. The topological polar surface area (TPSA) is 29.5 Å². The molecule has 1 aliphatic rings. The van der Waals surface area contributed by atoms with Crippen LogP contribution < -0.4 is 0 Å². The van der Waals surface area contributed by atoms with E-state index in [9.17, 15) is 0 Å². The molecule has 59 valence electrons. The zero-order chi connectivity index (χ0) is 7.23. The first-order valence-corrected chi connectivity index (χ1v) is 4.02. The summed E-state index contributed by atoms with van der Waals surface area (Å²) in [6.45, 7) is 0.624. The van der Waals surface area contributed by atoms with Gasteiger partial charge in [0.1, 0.15) is 0 Å². The molecule has 0 heterocycles. The molecule has 0 aromatic rings. The van der Waals surface area contributed by atoms with Gasteiger partial charge in [-0.2, -0.15) is 0 Å². The normalized spacial score (nSPS) is 21.3. The number of hydrogen-bond donors (Lipinski definition) is 1. The molecule has 1 radical (unpaired) electrons. The molecule has 0 unspecified atom stereocenters. The molecule has 0 saturated heterocycles. The van der Waals surface area contributed by atoms with Crippen LogP contribution in [0.1, 0.15) is 32.1 Å². The standard InChI is InChI=1S/C8H15O2/c9-6-7-10-8-4-2-1-3-5-8/h9H,1-7H2. The van der Waals surface area contributed by atoms with Gasteiger partial charge < -0.3 is 9.84 Å². The van der Waals surface area contributed by atoms with E-state index in [1.54, 1.807) is 0 Å². The highest BCUT2D eigenvalue weighted by Gasteiger charge is 2.13. The molecule has 1 aliphatic carbocycles. The predicted octanol–water partition coefficient (Wildman–Crippen LogP) is 1.49. The first-order valence-electron chi connectivity index (χ1n) is 4.02. The lowest BCUT2D eigenvalue weighted by molar-refractivity contribution is 0.0791. The Balaban J connectivity index is 2.02. The molecular formula is C8H15O2. The van der Waals surface area contributed by atoms with Crippen molar-refractivity contribution in [3.63, 3.8) is 0 Å². The quantitative estimate of drug-likeness (QED) is 0.648. The molecule has 2 nitrogen and oxygen atoms in total. The summed E-state index contributed by atoms with van der Waals surface area (Å²) in [5.41, 5.74) is 0. The summed E-state index contributed by atoms with van der Waals surface area (Å²) in [7, 11) is 0. The van der Waals surface area contributed by atoms with E-state index in [4.69, 9.17) is 9.84 Å². The lowest BCUT2D eigenvalue weighted by atomic mass is 9.98. The highest BCUT2D eigenvalue weighted by molar-refractivity contribution is 4.81. The molecule has 0 aromatic heterocycles. The maximum absolute atomic E-state index is 8.46. The Morgan fingerprint density at radius 3 is 2.50 bits per heavy atom. The molecule has 1 fully saturated rings. The minimum Gasteiger partial charge on any atom is -0.394 e. The summed E-state index contributed by atoms with van der Waals surface area (Å²) in [4.78, 5) is 0. The molecular weight excluding hydrogens is 128 g/mol. The van der Waals surface area contributed by atoms with Gasteiger partial charge in [0, 0.05) is 0 Å². The third-order valence-electron chi connectivity index (χ3n) is 1.81. The van der Waals surface area contributed by atoms with Crippen LogP contribution in [0.5, 0.6) is 0 Å². The van der Waals surface area contributed by atoms with Crippen molar-refractivity contribution >= 4 is 0 Å². The molecule has 0 atom stereocenters.